The molecule has 0 aliphatic carbocycles. The van der Waals surface area contributed by atoms with Gasteiger partial charge in [-0.2, -0.15) is 18.4 Å². The van der Waals surface area contributed by atoms with Gasteiger partial charge in [0.15, 0.2) is 0 Å². The highest BCUT2D eigenvalue weighted by molar-refractivity contribution is 6.30. The number of nitrogens with zero attached hydrogens (tertiary/aromatic N) is 2. The smallest absolute Gasteiger partial charge is 0.324 e. The van der Waals surface area contributed by atoms with Gasteiger partial charge in [0, 0.05) is 11.9 Å². The Labute approximate surface area is 145 Å². The first kappa shape index (κ1) is 18.5. The standard InChI is InChI=1S/C16H11ClF3N3O2/c1-9(14(24)22-12-4-2-3-10(5-12)7-21)23-8-11(16(18,19)20)6-13(17)15(23)25/h2-6,8-9H,1H3,(H,22,24)/t9-/m0/s1. The third kappa shape index (κ3) is 4.19. The molecule has 2 aromatic rings. The molecule has 1 aromatic heterocycles. The molecule has 5 nitrogen and oxygen atoms in total. The Morgan fingerprint density at radius 3 is 2.64 bits per heavy atom. The number of hydrogen-bond acceptors (Lipinski definition) is 3. The van der Waals surface area contributed by atoms with E-state index in [2.05, 4.69) is 5.32 Å². The SMILES string of the molecule is C[C@@H](C(=O)Nc1cccc(C#N)c1)n1cc(C(F)(F)F)cc(Cl)c1=O. The third-order valence-electron chi connectivity index (χ3n) is 3.38. The summed E-state index contributed by atoms with van der Waals surface area (Å²) in [5, 5.41) is 10.6. The summed E-state index contributed by atoms with van der Waals surface area (Å²) in [5.41, 5.74) is -1.47. The Morgan fingerprint density at radius 2 is 2.04 bits per heavy atom. The number of halogens is 4. The Morgan fingerprint density at radius 1 is 1.36 bits per heavy atom. The Hall–Kier alpha value is -2.79. The molecule has 1 N–H and O–H groups in total. The van der Waals surface area contributed by atoms with E-state index in [1.807, 2.05) is 6.07 Å². The molecule has 0 aliphatic rings. The van der Waals surface area contributed by atoms with Crippen molar-refractivity contribution in [3.05, 3.63) is 63.0 Å². The topological polar surface area (TPSA) is 74.9 Å². The molecule has 0 aliphatic heterocycles. The van der Waals surface area contributed by atoms with Crippen LogP contribution in [0.2, 0.25) is 5.02 Å². The highest BCUT2D eigenvalue weighted by Crippen LogP contribution is 2.30. The van der Waals surface area contributed by atoms with Crippen LogP contribution >= 0.6 is 11.6 Å². The van der Waals surface area contributed by atoms with E-state index in [-0.39, 0.29) is 5.69 Å². The number of rotatable bonds is 3. The molecule has 2 rings (SSSR count). The van der Waals surface area contributed by atoms with E-state index in [0.717, 1.165) is 0 Å². The van der Waals surface area contributed by atoms with Crippen molar-refractivity contribution < 1.29 is 18.0 Å². The lowest BCUT2D eigenvalue weighted by molar-refractivity contribution is -0.138. The van der Waals surface area contributed by atoms with Gasteiger partial charge >= 0.3 is 6.18 Å². The molecule has 0 saturated carbocycles. The van der Waals surface area contributed by atoms with E-state index in [0.29, 0.717) is 22.4 Å². The van der Waals surface area contributed by atoms with Gasteiger partial charge in [0.2, 0.25) is 5.91 Å². The molecular formula is C16H11ClF3N3O2. The number of amides is 1. The van der Waals surface area contributed by atoms with E-state index < -0.39 is 34.3 Å². The van der Waals surface area contributed by atoms with Gasteiger partial charge in [-0.05, 0) is 31.2 Å². The van der Waals surface area contributed by atoms with Crippen molar-refractivity contribution in [1.82, 2.24) is 4.57 Å². The summed E-state index contributed by atoms with van der Waals surface area (Å²) in [6.07, 6.45) is -4.17. The van der Waals surface area contributed by atoms with Gasteiger partial charge in [-0.25, -0.2) is 0 Å². The number of pyridine rings is 1. The van der Waals surface area contributed by atoms with Gasteiger partial charge < -0.3 is 9.88 Å². The fourth-order valence-electron chi connectivity index (χ4n) is 2.05. The minimum absolute atomic E-state index is 0.280. The summed E-state index contributed by atoms with van der Waals surface area (Å²) in [5.74, 6) is -0.729. The number of benzene rings is 1. The van der Waals surface area contributed by atoms with Crippen LogP contribution in [0.5, 0.6) is 0 Å². The molecular weight excluding hydrogens is 359 g/mol. The number of carbonyl (C=O) groups excluding carboxylic acids is 1. The largest absolute Gasteiger partial charge is 0.417 e. The maximum Gasteiger partial charge on any atom is 0.417 e. The van der Waals surface area contributed by atoms with E-state index >= 15 is 0 Å². The van der Waals surface area contributed by atoms with Crippen molar-refractivity contribution in [3.63, 3.8) is 0 Å². The molecule has 25 heavy (non-hydrogen) atoms. The average molecular weight is 370 g/mol. The van der Waals surface area contributed by atoms with E-state index in [4.69, 9.17) is 16.9 Å². The molecule has 1 heterocycles. The Kier molecular flexibility index (Phi) is 5.18. The van der Waals surface area contributed by atoms with Crippen molar-refractivity contribution in [2.45, 2.75) is 19.1 Å². The quantitative estimate of drug-likeness (QED) is 0.898. The highest BCUT2D eigenvalue weighted by Gasteiger charge is 2.33. The van der Waals surface area contributed by atoms with E-state index in [1.165, 1.54) is 31.2 Å². The number of nitrogens with one attached hydrogen (secondary N) is 1. The first-order chi connectivity index (χ1) is 11.6. The van der Waals surface area contributed by atoms with Gasteiger partial charge in [0.25, 0.3) is 5.56 Å². The highest BCUT2D eigenvalue weighted by atomic mass is 35.5. The van der Waals surface area contributed by atoms with Gasteiger partial charge in [0.1, 0.15) is 11.1 Å². The summed E-state index contributed by atoms with van der Waals surface area (Å²) in [4.78, 5) is 24.2. The number of carbonyl (C=O) groups is 1. The average Bonchev–Trinajstić information content (AvgIpc) is 2.55. The fraction of sp³-hybridized carbons (Fsp3) is 0.188. The van der Waals surface area contributed by atoms with Crippen LogP contribution in [0.4, 0.5) is 18.9 Å². The van der Waals surface area contributed by atoms with E-state index in [9.17, 15) is 22.8 Å². The van der Waals surface area contributed by atoms with Gasteiger partial charge in [-0.1, -0.05) is 17.7 Å². The molecule has 0 radical (unpaired) electrons. The number of hydrogen-bond donors (Lipinski definition) is 1. The van der Waals surface area contributed by atoms with Crippen molar-refractivity contribution in [3.8, 4) is 6.07 Å². The maximum absolute atomic E-state index is 12.9. The van der Waals surface area contributed by atoms with Gasteiger partial charge in [-0.3, -0.25) is 9.59 Å². The zero-order valence-corrected chi connectivity index (χ0v) is 13.5. The second kappa shape index (κ2) is 6.99. The monoisotopic (exact) mass is 369 g/mol. The first-order valence-corrected chi connectivity index (χ1v) is 7.31. The van der Waals surface area contributed by atoms with Crippen LogP contribution in [0, 0.1) is 11.3 Å². The van der Waals surface area contributed by atoms with Crippen LogP contribution in [0.3, 0.4) is 0 Å². The molecule has 0 spiro atoms. The summed E-state index contributed by atoms with van der Waals surface area (Å²) in [7, 11) is 0. The zero-order valence-electron chi connectivity index (χ0n) is 12.8. The van der Waals surface area contributed by atoms with Crippen LogP contribution in [-0.2, 0) is 11.0 Å². The lowest BCUT2D eigenvalue weighted by Gasteiger charge is -2.17. The Bertz CT molecular complexity index is 916. The van der Waals surface area contributed by atoms with Crippen LogP contribution in [0.15, 0.2) is 41.3 Å². The molecule has 130 valence electrons. The summed E-state index contributed by atoms with van der Waals surface area (Å²) < 4.78 is 39.2. The molecule has 0 unspecified atom stereocenters. The first-order valence-electron chi connectivity index (χ1n) is 6.93. The van der Waals surface area contributed by atoms with Gasteiger partial charge in [0.05, 0.1) is 17.2 Å². The second-order valence-electron chi connectivity index (χ2n) is 5.14. The number of anilines is 1. The van der Waals surface area contributed by atoms with Crippen molar-refractivity contribution >= 4 is 23.2 Å². The summed E-state index contributed by atoms with van der Waals surface area (Å²) >= 11 is 5.57. The normalized spacial score (nSPS) is 12.3. The zero-order chi connectivity index (χ0) is 18.8. The molecule has 1 atom stereocenters. The number of nitriles is 1. The number of aromatic nitrogens is 1. The van der Waals surface area contributed by atoms with Gasteiger partial charge in [-0.15, -0.1) is 0 Å². The fourth-order valence-corrected chi connectivity index (χ4v) is 2.26. The summed E-state index contributed by atoms with van der Waals surface area (Å²) in [6, 6.07) is 7.12. The lowest BCUT2D eigenvalue weighted by Crippen LogP contribution is -2.32. The van der Waals surface area contributed by atoms with Crippen LogP contribution in [0.25, 0.3) is 0 Å². The molecule has 1 amide bonds. The van der Waals surface area contributed by atoms with Crippen LogP contribution < -0.4 is 10.9 Å². The van der Waals surface area contributed by atoms with Crippen LogP contribution in [0.1, 0.15) is 24.1 Å². The van der Waals surface area contributed by atoms with Crippen molar-refractivity contribution in [1.29, 1.82) is 5.26 Å². The lowest BCUT2D eigenvalue weighted by atomic mass is 10.2. The minimum Gasteiger partial charge on any atom is -0.324 e. The number of alkyl halides is 3. The van der Waals surface area contributed by atoms with E-state index in [1.54, 1.807) is 0 Å². The van der Waals surface area contributed by atoms with Crippen LogP contribution in [-0.4, -0.2) is 10.5 Å². The van der Waals surface area contributed by atoms with Crippen molar-refractivity contribution in [2.24, 2.45) is 0 Å². The molecule has 0 fully saturated rings. The predicted octanol–water partition coefficient (Wildman–Crippen LogP) is 3.59. The summed E-state index contributed by atoms with van der Waals surface area (Å²) in [6.45, 7) is 1.27. The third-order valence-corrected chi connectivity index (χ3v) is 3.65. The Balaban J connectivity index is 2.35. The maximum atomic E-state index is 12.9. The van der Waals surface area contributed by atoms with Crippen molar-refractivity contribution in [2.75, 3.05) is 5.32 Å². The minimum atomic E-state index is -4.71. The molecule has 1 aromatic carbocycles. The molecule has 9 heteroatoms. The molecule has 0 saturated heterocycles. The second-order valence-corrected chi connectivity index (χ2v) is 5.55. The predicted molar refractivity (Wildman–Crippen MR) is 85.2 cm³/mol. The molecule has 0 bridgehead atoms.